The summed E-state index contributed by atoms with van der Waals surface area (Å²) in [6, 6.07) is 6.91. The standard InChI is InChI=1S/C25H25F4N9O3/c26-10-18-8-19(12-30-11-18)14-32-24(40)22-16-38(36-34-22)7-2-1-6-37-15-21(33-35-37)23(39)31-13-17-4-3-5-20(9-17)41-25(27,28)29/h3-5,8-9,11-12,15-16H,1-2,6-7,10,13-14H2,(H,31,39)(H,32,40). The van der Waals surface area contributed by atoms with Crippen LogP contribution in [0.3, 0.4) is 0 Å². The maximum atomic E-state index is 12.8. The number of carbonyl (C=O) groups excluding carboxylic acids is 2. The molecular weight excluding hydrogens is 550 g/mol. The van der Waals surface area contributed by atoms with Gasteiger partial charge < -0.3 is 15.4 Å². The summed E-state index contributed by atoms with van der Waals surface area (Å²) in [7, 11) is 0. The molecule has 0 radical (unpaired) electrons. The zero-order valence-electron chi connectivity index (χ0n) is 21.5. The highest BCUT2D eigenvalue weighted by Gasteiger charge is 2.31. The molecule has 0 aliphatic heterocycles. The monoisotopic (exact) mass is 575 g/mol. The van der Waals surface area contributed by atoms with Crippen molar-refractivity contribution < 1.29 is 31.9 Å². The third kappa shape index (κ3) is 9.08. The third-order valence-corrected chi connectivity index (χ3v) is 5.61. The molecule has 0 aliphatic rings. The van der Waals surface area contributed by atoms with Crippen molar-refractivity contribution in [2.24, 2.45) is 0 Å². The number of halogens is 4. The Balaban J connectivity index is 1.16. The van der Waals surface area contributed by atoms with Crippen LogP contribution in [0.1, 0.15) is 50.5 Å². The van der Waals surface area contributed by atoms with Crippen LogP contribution < -0.4 is 15.4 Å². The van der Waals surface area contributed by atoms with Crippen LogP contribution in [-0.2, 0) is 32.9 Å². The van der Waals surface area contributed by atoms with E-state index in [2.05, 4.69) is 41.0 Å². The minimum absolute atomic E-state index is 0.0256. The Bertz CT molecular complexity index is 1470. The van der Waals surface area contributed by atoms with E-state index in [1.807, 2.05) is 0 Å². The van der Waals surface area contributed by atoms with E-state index in [1.54, 1.807) is 18.3 Å². The van der Waals surface area contributed by atoms with Gasteiger partial charge in [0.2, 0.25) is 0 Å². The highest BCUT2D eigenvalue weighted by atomic mass is 19.4. The number of carbonyl (C=O) groups is 2. The summed E-state index contributed by atoms with van der Waals surface area (Å²) in [4.78, 5) is 28.6. The zero-order valence-corrected chi connectivity index (χ0v) is 21.5. The van der Waals surface area contributed by atoms with E-state index < -0.39 is 24.9 Å². The van der Waals surface area contributed by atoms with Gasteiger partial charge in [-0.1, -0.05) is 22.6 Å². The lowest BCUT2D eigenvalue weighted by atomic mass is 10.2. The van der Waals surface area contributed by atoms with Crippen LogP contribution in [0.15, 0.2) is 55.1 Å². The van der Waals surface area contributed by atoms with Gasteiger partial charge in [-0.3, -0.25) is 23.9 Å². The van der Waals surface area contributed by atoms with Crippen LogP contribution in [0.25, 0.3) is 0 Å². The molecular formula is C25H25F4N9O3. The Labute approximate surface area is 230 Å². The fourth-order valence-corrected chi connectivity index (χ4v) is 3.68. The summed E-state index contributed by atoms with van der Waals surface area (Å²) < 4.78 is 56.8. The summed E-state index contributed by atoms with van der Waals surface area (Å²) in [5, 5.41) is 20.9. The molecule has 0 spiro atoms. The Hall–Kier alpha value is -4.89. The number of amides is 2. The predicted octanol–water partition coefficient (Wildman–Crippen LogP) is 2.97. The van der Waals surface area contributed by atoms with Crippen molar-refractivity contribution in [1.82, 2.24) is 45.6 Å². The van der Waals surface area contributed by atoms with Gasteiger partial charge in [0.1, 0.15) is 12.4 Å². The molecule has 4 rings (SSSR count). The van der Waals surface area contributed by atoms with E-state index in [0.717, 1.165) is 0 Å². The molecule has 0 unspecified atom stereocenters. The number of alkyl halides is 4. The van der Waals surface area contributed by atoms with E-state index >= 15 is 0 Å². The van der Waals surface area contributed by atoms with Crippen LogP contribution in [0, 0.1) is 0 Å². The average Bonchev–Trinajstić information content (AvgIpc) is 3.62. The molecule has 0 fully saturated rings. The van der Waals surface area contributed by atoms with E-state index in [4.69, 9.17) is 0 Å². The van der Waals surface area contributed by atoms with Gasteiger partial charge in [-0.05, 0) is 42.2 Å². The summed E-state index contributed by atoms with van der Waals surface area (Å²) >= 11 is 0. The van der Waals surface area contributed by atoms with Crippen molar-refractivity contribution in [1.29, 1.82) is 0 Å². The maximum Gasteiger partial charge on any atom is 0.573 e. The first-order valence-corrected chi connectivity index (χ1v) is 12.4. The Morgan fingerprint density at radius 3 is 2.00 bits per heavy atom. The number of hydrogen-bond donors (Lipinski definition) is 2. The second kappa shape index (κ2) is 13.5. The lowest BCUT2D eigenvalue weighted by Crippen LogP contribution is -2.23. The van der Waals surface area contributed by atoms with Crippen molar-refractivity contribution in [3.8, 4) is 5.75 Å². The molecule has 1 aromatic carbocycles. The lowest BCUT2D eigenvalue weighted by molar-refractivity contribution is -0.274. The number of hydrogen-bond acceptors (Lipinski definition) is 8. The number of aryl methyl sites for hydroxylation is 2. The number of aromatic nitrogens is 7. The number of pyridine rings is 1. The number of rotatable bonds is 13. The highest BCUT2D eigenvalue weighted by molar-refractivity contribution is 5.92. The Morgan fingerprint density at radius 1 is 0.829 bits per heavy atom. The van der Waals surface area contributed by atoms with Crippen LogP contribution >= 0.6 is 0 Å². The van der Waals surface area contributed by atoms with Crippen LogP contribution in [-0.4, -0.2) is 53.1 Å². The Kier molecular flexibility index (Phi) is 9.55. The maximum absolute atomic E-state index is 12.8. The molecule has 0 bridgehead atoms. The van der Waals surface area contributed by atoms with Gasteiger partial charge in [0.05, 0.1) is 12.4 Å². The molecule has 3 heterocycles. The van der Waals surface area contributed by atoms with Gasteiger partial charge in [-0.2, -0.15) is 0 Å². The van der Waals surface area contributed by atoms with Crippen LogP contribution in [0.4, 0.5) is 17.6 Å². The van der Waals surface area contributed by atoms with Gasteiger partial charge in [-0.15, -0.1) is 23.4 Å². The largest absolute Gasteiger partial charge is 0.573 e. The minimum atomic E-state index is -4.81. The molecule has 2 amide bonds. The SMILES string of the molecule is O=C(NCc1cncc(CF)c1)c1cn(CCCCn2cc(C(=O)NCc3cccc(OC(F)(F)F)c3)nn2)nn1. The molecule has 0 aliphatic carbocycles. The second-order valence-corrected chi connectivity index (χ2v) is 8.84. The molecule has 12 nitrogen and oxygen atoms in total. The molecule has 0 saturated heterocycles. The first-order chi connectivity index (χ1) is 19.7. The van der Waals surface area contributed by atoms with E-state index in [9.17, 15) is 27.2 Å². The van der Waals surface area contributed by atoms with E-state index in [0.29, 0.717) is 42.6 Å². The molecule has 2 N–H and O–H groups in total. The molecule has 16 heteroatoms. The van der Waals surface area contributed by atoms with E-state index in [-0.39, 0.29) is 30.2 Å². The van der Waals surface area contributed by atoms with Gasteiger partial charge in [0.25, 0.3) is 11.8 Å². The summed E-state index contributed by atoms with van der Waals surface area (Å²) in [6.45, 7) is 0.464. The smallest absolute Gasteiger partial charge is 0.406 e. The van der Waals surface area contributed by atoms with Gasteiger partial charge in [-0.25, -0.2) is 4.39 Å². The van der Waals surface area contributed by atoms with Gasteiger partial charge in [0.15, 0.2) is 11.4 Å². The van der Waals surface area contributed by atoms with E-state index in [1.165, 1.54) is 46.2 Å². The Morgan fingerprint density at radius 2 is 1.41 bits per heavy atom. The molecule has 4 aromatic rings. The zero-order chi connectivity index (χ0) is 29.2. The number of ether oxygens (including phenoxy) is 1. The fraction of sp³-hybridized carbons (Fsp3) is 0.320. The average molecular weight is 576 g/mol. The van der Waals surface area contributed by atoms with Gasteiger partial charge >= 0.3 is 6.36 Å². The molecule has 0 atom stereocenters. The van der Waals surface area contributed by atoms with Crippen LogP contribution in [0.5, 0.6) is 5.75 Å². The third-order valence-electron chi connectivity index (χ3n) is 5.61. The predicted molar refractivity (Wildman–Crippen MR) is 134 cm³/mol. The molecule has 0 saturated carbocycles. The molecule has 216 valence electrons. The highest BCUT2D eigenvalue weighted by Crippen LogP contribution is 2.23. The van der Waals surface area contributed by atoms with Crippen molar-refractivity contribution in [2.75, 3.05) is 0 Å². The van der Waals surface area contributed by atoms with Crippen molar-refractivity contribution in [3.05, 3.63) is 83.2 Å². The second-order valence-electron chi connectivity index (χ2n) is 8.84. The summed E-state index contributed by atoms with van der Waals surface area (Å²) in [6.07, 6.45) is 2.48. The normalized spacial score (nSPS) is 11.3. The van der Waals surface area contributed by atoms with Crippen molar-refractivity contribution in [3.63, 3.8) is 0 Å². The summed E-state index contributed by atoms with van der Waals surface area (Å²) in [5.41, 5.74) is 1.72. The lowest BCUT2D eigenvalue weighted by Gasteiger charge is -2.10. The van der Waals surface area contributed by atoms with Crippen molar-refractivity contribution >= 4 is 11.8 Å². The minimum Gasteiger partial charge on any atom is -0.406 e. The fourth-order valence-electron chi connectivity index (χ4n) is 3.68. The molecule has 41 heavy (non-hydrogen) atoms. The first kappa shape index (κ1) is 29.1. The number of nitrogens with zero attached hydrogens (tertiary/aromatic N) is 7. The molecule has 3 aromatic heterocycles. The number of unbranched alkanes of at least 4 members (excludes halogenated alkanes) is 1. The quantitative estimate of drug-likeness (QED) is 0.183. The van der Waals surface area contributed by atoms with Gasteiger partial charge in [0, 0.05) is 44.1 Å². The topological polar surface area (TPSA) is 142 Å². The first-order valence-electron chi connectivity index (χ1n) is 12.4. The number of nitrogens with one attached hydrogen (secondary N) is 2. The number of benzene rings is 1. The summed E-state index contributed by atoms with van der Waals surface area (Å²) in [5.74, 6) is -1.33. The van der Waals surface area contributed by atoms with Crippen molar-refractivity contribution in [2.45, 2.75) is 52.1 Å². The van der Waals surface area contributed by atoms with Crippen LogP contribution in [0.2, 0.25) is 0 Å².